The van der Waals surface area contributed by atoms with Crippen LogP contribution in [0, 0.1) is 5.82 Å². The highest BCUT2D eigenvalue weighted by atomic mass is 19.4. The number of aromatic nitrogens is 1. The standard InChI is InChI=1S/C13H10F4N2/c14-10-4-3-9(12(6-10)13(15,16)17)7-19-11-2-1-5-18-8-11/h1-6,8,19H,7H2. The maximum absolute atomic E-state index is 12.9. The van der Waals surface area contributed by atoms with Gasteiger partial charge in [-0.1, -0.05) is 6.07 Å². The Morgan fingerprint density at radius 1 is 1.16 bits per heavy atom. The first kappa shape index (κ1) is 13.3. The molecule has 0 unspecified atom stereocenters. The summed E-state index contributed by atoms with van der Waals surface area (Å²) in [4.78, 5) is 3.84. The molecule has 0 saturated carbocycles. The Labute approximate surface area is 107 Å². The van der Waals surface area contributed by atoms with Crippen molar-refractivity contribution in [3.05, 3.63) is 59.7 Å². The summed E-state index contributed by atoms with van der Waals surface area (Å²) in [7, 11) is 0. The molecule has 1 aromatic heterocycles. The predicted octanol–water partition coefficient (Wildman–Crippen LogP) is 3.85. The Morgan fingerprint density at radius 2 is 1.95 bits per heavy atom. The molecule has 19 heavy (non-hydrogen) atoms. The van der Waals surface area contributed by atoms with Crippen molar-refractivity contribution in [2.45, 2.75) is 12.7 Å². The largest absolute Gasteiger partial charge is 0.416 e. The molecule has 0 aliphatic heterocycles. The zero-order valence-corrected chi connectivity index (χ0v) is 9.71. The zero-order valence-electron chi connectivity index (χ0n) is 9.71. The van der Waals surface area contributed by atoms with E-state index in [4.69, 9.17) is 0 Å². The summed E-state index contributed by atoms with van der Waals surface area (Å²) in [6.07, 6.45) is -1.52. The van der Waals surface area contributed by atoms with Crippen LogP contribution in [-0.2, 0) is 12.7 Å². The molecule has 0 spiro atoms. The first-order valence-electron chi connectivity index (χ1n) is 5.46. The minimum atomic E-state index is -4.58. The number of pyridine rings is 1. The molecule has 0 atom stereocenters. The van der Waals surface area contributed by atoms with Crippen LogP contribution >= 0.6 is 0 Å². The van der Waals surface area contributed by atoms with E-state index in [0.717, 1.165) is 12.1 Å². The Balaban J connectivity index is 2.21. The summed E-state index contributed by atoms with van der Waals surface area (Å²) in [6, 6.07) is 5.98. The van der Waals surface area contributed by atoms with Crippen molar-refractivity contribution in [1.82, 2.24) is 4.98 Å². The van der Waals surface area contributed by atoms with Crippen molar-refractivity contribution in [3.8, 4) is 0 Å². The summed E-state index contributed by atoms with van der Waals surface area (Å²) in [6.45, 7) is -0.0547. The van der Waals surface area contributed by atoms with Gasteiger partial charge in [-0.15, -0.1) is 0 Å². The number of alkyl halides is 3. The van der Waals surface area contributed by atoms with Gasteiger partial charge in [-0.05, 0) is 29.8 Å². The Bertz CT molecular complexity index is 552. The van der Waals surface area contributed by atoms with Crippen LogP contribution in [0.3, 0.4) is 0 Å². The van der Waals surface area contributed by atoms with E-state index in [1.165, 1.54) is 6.20 Å². The number of hydrogen-bond acceptors (Lipinski definition) is 2. The van der Waals surface area contributed by atoms with Crippen LogP contribution in [0.5, 0.6) is 0 Å². The average molecular weight is 270 g/mol. The average Bonchev–Trinajstić information content (AvgIpc) is 2.37. The molecule has 0 bridgehead atoms. The number of benzene rings is 1. The van der Waals surface area contributed by atoms with Crippen LogP contribution in [0.1, 0.15) is 11.1 Å². The van der Waals surface area contributed by atoms with Crippen LogP contribution in [0.4, 0.5) is 23.2 Å². The second-order valence-corrected chi connectivity index (χ2v) is 3.89. The van der Waals surface area contributed by atoms with Gasteiger partial charge in [0, 0.05) is 18.9 Å². The number of rotatable bonds is 3. The van der Waals surface area contributed by atoms with Crippen LogP contribution in [0.2, 0.25) is 0 Å². The van der Waals surface area contributed by atoms with Gasteiger partial charge in [0.05, 0.1) is 11.3 Å². The second-order valence-electron chi connectivity index (χ2n) is 3.89. The quantitative estimate of drug-likeness (QED) is 0.857. The molecular formula is C13H10F4N2. The maximum atomic E-state index is 12.9. The lowest BCUT2D eigenvalue weighted by molar-refractivity contribution is -0.138. The van der Waals surface area contributed by atoms with E-state index in [-0.39, 0.29) is 12.1 Å². The number of anilines is 1. The molecule has 2 nitrogen and oxygen atoms in total. The molecule has 0 radical (unpaired) electrons. The molecule has 100 valence electrons. The highest BCUT2D eigenvalue weighted by Crippen LogP contribution is 2.32. The Hall–Kier alpha value is -2.11. The number of nitrogens with zero attached hydrogens (tertiary/aromatic N) is 1. The van der Waals surface area contributed by atoms with Gasteiger partial charge >= 0.3 is 6.18 Å². The fourth-order valence-electron chi connectivity index (χ4n) is 1.63. The topological polar surface area (TPSA) is 24.9 Å². The van der Waals surface area contributed by atoms with Gasteiger partial charge in [0.15, 0.2) is 0 Å². The SMILES string of the molecule is Fc1ccc(CNc2cccnc2)c(C(F)(F)F)c1. The van der Waals surface area contributed by atoms with Gasteiger partial charge in [0.1, 0.15) is 5.82 Å². The summed E-state index contributed by atoms with van der Waals surface area (Å²) in [5.41, 5.74) is -0.387. The molecule has 0 saturated heterocycles. The minimum absolute atomic E-state index is 0.0160. The van der Waals surface area contributed by atoms with Gasteiger partial charge in [0.2, 0.25) is 0 Å². The van der Waals surface area contributed by atoms with Gasteiger partial charge in [-0.3, -0.25) is 4.98 Å². The highest BCUT2D eigenvalue weighted by Gasteiger charge is 2.33. The fraction of sp³-hybridized carbons (Fsp3) is 0.154. The van der Waals surface area contributed by atoms with E-state index >= 15 is 0 Å². The third kappa shape index (κ3) is 3.43. The third-order valence-electron chi connectivity index (χ3n) is 2.52. The van der Waals surface area contributed by atoms with E-state index in [2.05, 4.69) is 10.3 Å². The maximum Gasteiger partial charge on any atom is 0.416 e. The lowest BCUT2D eigenvalue weighted by Crippen LogP contribution is -2.12. The van der Waals surface area contributed by atoms with Crippen molar-refractivity contribution in [3.63, 3.8) is 0 Å². The molecule has 1 aromatic carbocycles. The predicted molar refractivity (Wildman–Crippen MR) is 63.0 cm³/mol. The Kier molecular flexibility index (Phi) is 3.69. The molecule has 0 fully saturated rings. The molecule has 6 heteroatoms. The zero-order chi connectivity index (χ0) is 13.9. The molecule has 0 aliphatic rings. The normalized spacial score (nSPS) is 11.4. The van der Waals surface area contributed by atoms with Crippen LogP contribution in [0.15, 0.2) is 42.7 Å². The molecule has 2 rings (SSSR count). The second kappa shape index (κ2) is 5.26. The monoisotopic (exact) mass is 270 g/mol. The number of nitrogens with one attached hydrogen (secondary N) is 1. The smallest absolute Gasteiger partial charge is 0.380 e. The molecule has 2 aromatic rings. The third-order valence-corrected chi connectivity index (χ3v) is 2.52. The molecule has 1 heterocycles. The highest BCUT2D eigenvalue weighted by molar-refractivity contribution is 5.42. The molecular weight excluding hydrogens is 260 g/mol. The van der Waals surface area contributed by atoms with Crippen molar-refractivity contribution >= 4 is 5.69 Å². The van der Waals surface area contributed by atoms with Gasteiger partial charge in [0.25, 0.3) is 0 Å². The Morgan fingerprint density at radius 3 is 2.58 bits per heavy atom. The summed E-state index contributed by atoms with van der Waals surface area (Å²) in [5, 5.41) is 2.81. The summed E-state index contributed by atoms with van der Waals surface area (Å²) >= 11 is 0. The van der Waals surface area contributed by atoms with Crippen LogP contribution < -0.4 is 5.32 Å². The van der Waals surface area contributed by atoms with Crippen molar-refractivity contribution in [1.29, 1.82) is 0 Å². The lowest BCUT2D eigenvalue weighted by atomic mass is 10.1. The number of hydrogen-bond donors (Lipinski definition) is 1. The molecule has 1 N–H and O–H groups in total. The van der Waals surface area contributed by atoms with Crippen LogP contribution in [-0.4, -0.2) is 4.98 Å². The fourth-order valence-corrected chi connectivity index (χ4v) is 1.63. The number of halogens is 4. The molecule has 0 amide bonds. The van der Waals surface area contributed by atoms with E-state index < -0.39 is 17.6 Å². The van der Waals surface area contributed by atoms with E-state index in [1.54, 1.807) is 18.3 Å². The lowest BCUT2D eigenvalue weighted by Gasteiger charge is -2.14. The van der Waals surface area contributed by atoms with Crippen molar-refractivity contribution in [2.24, 2.45) is 0 Å². The summed E-state index contributed by atoms with van der Waals surface area (Å²) < 4.78 is 51.2. The van der Waals surface area contributed by atoms with E-state index in [9.17, 15) is 17.6 Å². The first-order chi connectivity index (χ1) is 8.97. The van der Waals surface area contributed by atoms with E-state index in [0.29, 0.717) is 11.8 Å². The van der Waals surface area contributed by atoms with Crippen LogP contribution in [0.25, 0.3) is 0 Å². The minimum Gasteiger partial charge on any atom is -0.380 e. The molecule has 0 aliphatic carbocycles. The van der Waals surface area contributed by atoms with Gasteiger partial charge < -0.3 is 5.32 Å². The van der Waals surface area contributed by atoms with Gasteiger partial charge in [-0.25, -0.2) is 4.39 Å². The van der Waals surface area contributed by atoms with Crippen molar-refractivity contribution in [2.75, 3.05) is 5.32 Å². The first-order valence-corrected chi connectivity index (χ1v) is 5.46. The van der Waals surface area contributed by atoms with Crippen molar-refractivity contribution < 1.29 is 17.6 Å². The van der Waals surface area contributed by atoms with E-state index in [1.807, 2.05) is 0 Å². The van der Waals surface area contributed by atoms with Gasteiger partial charge in [-0.2, -0.15) is 13.2 Å². The summed E-state index contributed by atoms with van der Waals surface area (Å²) in [5.74, 6) is -0.905.